The molecule has 0 saturated carbocycles. The molecule has 0 spiro atoms. The zero-order valence-corrected chi connectivity index (χ0v) is 13.7. The van der Waals surface area contributed by atoms with E-state index in [1.165, 1.54) is 21.6 Å². The van der Waals surface area contributed by atoms with Gasteiger partial charge in [-0.25, -0.2) is 0 Å². The molecule has 0 nitrogen and oxygen atoms in total. The lowest BCUT2D eigenvalue weighted by molar-refractivity contribution is 0.788. The summed E-state index contributed by atoms with van der Waals surface area (Å²) in [5.74, 6) is 2.24. The van der Waals surface area contributed by atoms with Crippen LogP contribution >= 0.6 is 11.8 Å². The average Bonchev–Trinajstić information content (AvgIpc) is 2.45. The molecule has 0 N–H and O–H groups in total. The van der Waals surface area contributed by atoms with Gasteiger partial charge >= 0.3 is 0 Å². The first-order chi connectivity index (χ1) is 9.58. The van der Waals surface area contributed by atoms with Crippen molar-refractivity contribution in [2.24, 2.45) is 0 Å². The van der Waals surface area contributed by atoms with Gasteiger partial charge in [0, 0.05) is 10.6 Å². The third-order valence-corrected chi connectivity index (χ3v) is 4.63. The van der Waals surface area contributed by atoms with Gasteiger partial charge in [0.1, 0.15) is 0 Å². The van der Waals surface area contributed by atoms with Gasteiger partial charge < -0.3 is 0 Å². The van der Waals surface area contributed by atoms with Crippen LogP contribution in [-0.4, -0.2) is 0 Å². The standard InChI is InChI=1S/C19H24S/c1-14(2)18-11-10-16(12-19(18)15(3)4)13-20-17-8-6-5-7-9-17/h5-12,14-15H,13H2,1-4H3. The van der Waals surface area contributed by atoms with E-state index in [0.717, 1.165) is 5.75 Å². The molecule has 0 aromatic heterocycles. The molecule has 1 heteroatoms. The van der Waals surface area contributed by atoms with E-state index in [2.05, 4.69) is 76.2 Å². The fourth-order valence-corrected chi connectivity index (χ4v) is 3.29. The zero-order valence-electron chi connectivity index (χ0n) is 12.9. The van der Waals surface area contributed by atoms with Crippen LogP contribution in [0.5, 0.6) is 0 Å². The molecule has 2 aromatic carbocycles. The Labute approximate surface area is 127 Å². The molecule has 0 aliphatic heterocycles. The summed E-state index contributed by atoms with van der Waals surface area (Å²) in [7, 11) is 0. The first-order valence-electron chi connectivity index (χ1n) is 7.38. The van der Waals surface area contributed by atoms with Crippen molar-refractivity contribution in [1.29, 1.82) is 0 Å². The van der Waals surface area contributed by atoms with Crippen molar-refractivity contribution in [2.75, 3.05) is 0 Å². The largest absolute Gasteiger partial charge is 0.121 e. The SMILES string of the molecule is CC(C)c1ccc(CSc2ccccc2)cc1C(C)C. The van der Waals surface area contributed by atoms with Crippen LogP contribution in [0.3, 0.4) is 0 Å². The summed E-state index contributed by atoms with van der Waals surface area (Å²) in [5.41, 5.74) is 4.42. The predicted octanol–water partition coefficient (Wildman–Crippen LogP) is 6.23. The lowest BCUT2D eigenvalue weighted by atomic mass is 9.89. The molecule has 2 rings (SSSR count). The lowest BCUT2D eigenvalue weighted by Gasteiger charge is -2.17. The first kappa shape index (κ1) is 15.2. The molecule has 0 atom stereocenters. The Morgan fingerprint density at radius 2 is 1.45 bits per heavy atom. The van der Waals surface area contributed by atoms with Crippen LogP contribution in [0.25, 0.3) is 0 Å². The average molecular weight is 284 g/mol. The second-order valence-corrected chi connectivity index (χ2v) is 6.92. The lowest BCUT2D eigenvalue weighted by Crippen LogP contribution is -1.99. The monoisotopic (exact) mass is 284 g/mol. The summed E-state index contributed by atoms with van der Waals surface area (Å²) < 4.78 is 0. The van der Waals surface area contributed by atoms with Crippen molar-refractivity contribution in [3.05, 3.63) is 65.2 Å². The Balaban J connectivity index is 2.15. The van der Waals surface area contributed by atoms with Gasteiger partial charge in [0.25, 0.3) is 0 Å². The van der Waals surface area contributed by atoms with Gasteiger partial charge in [-0.15, -0.1) is 11.8 Å². The molecule has 0 aliphatic carbocycles. The Bertz CT molecular complexity index is 541. The van der Waals surface area contributed by atoms with Crippen LogP contribution in [0.4, 0.5) is 0 Å². The summed E-state index contributed by atoms with van der Waals surface area (Å²) in [4.78, 5) is 1.34. The third-order valence-electron chi connectivity index (χ3n) is 3.54. The van der Waals surface area contributed by atoms with E-state index in [-0.39, 0.29) is 0 Å². The zero-order chi connectivity index (χ0) is 14.5. The number of benzene rings is 2. The van der Waals surface area contributed by atoms with Crippen LogP contribution in [-0.2, 0) is 5.75 Å². The van der Waals surface area contributed by atoms with Gasteiger partial charge in [-0.3, -0.25) is 0 Å². The first-order valence-corrected chi connectivity index (χ1v) is 8.37. The smallest absolute Gasteiger partial charge is 0.0232 e. The van der Waals surface area contributed by atoms with Crippen LogP contribution in [0.15, 0.2) is 53.4 Å². The van der Waals surface area contributed by atoms with Crippen molar-refractivity contribution in [1.82, 2.24) is 0 Å². The fraction of sp³-hybridized carbons (Fsp3) is 0.368. The fourth-order valence-electron chi connectivity index (χ4n) is 2.42. The van der Waals surface area contributed by atoms with Crippen LogP contribution < -0.4 is 0 Å². The molecule has 0 heterocycles. The van der Waals surface area contributed by atoms with Crippen LogP contribution in [0.1, 0.15) is 56.2 Å². The van der Waals surface area contributed by atoms with E-state index >= 15 is 0 Å². The Kier molecular flexibility index (Phi) is 5.31. The quantitative estimate of drug-likeness (QED) is 0.587. The molecular formula is C19H24S. The molecule has 0 unspecified atom stereocenters. The summed E-state index contributed by atoms with van der Waals surface area (Å²) in [6.45, 7) is 9.13. The molecular weight excluding hydrogens is 260 g/mol. The van der Waals surface area contributed by atoms with E-state index in [4.69, 9.17) is 0 Å². The van der Waals surface area contributed by atoms with Gasteiger partial charge in [-0.1, -0.05) is 64.1 Å². The molecule has 0 aliphatic rings. The maximum atomic E-state index is 2.40. The van der Waals surface area contributed by atoms with Gasteiger partial charge in [0.05, 0.1) is 0 Å². The van der Waals surface area contributed by atoms with E-state index in [0.29, 0.717) is 11.8 Å². The summed E-state index contributed by atoms with van der Waals surface area (Å²) in [5, 5.41) is 0. The predicted molar refractivity (Wildman–Crippen MR) is 90.6 cm³/mol. The van der Waals surface area contributed by atoms with Gasteiger partial charge in [0.15, 0.2) is 0 Å². The van der Waals surface area contributed by atoms with Crippen LogP contribution in [0.2, 0.25) is 0 Å². The molecule has 20 heavy (non-hydrogen) atoms. The molecule has 2 aromatic rings. The molecule has 0 amide bonds. The topological polar surface area (TPSA) is 0 Å². The molecule has 106 valence electrons. The molecule has 0 fully saturated rings. The third kappa shape index (κ3) is 3.89. The second-order valence-electron chi connectivity index (χ2n) is 5.87. The maximum Gasteiger partial charge on any atom is 0.0232 e. The number of thioether (sulfide) groups is 1. The number of hydrogen-bond acceptors (Lipinski definition) is 1. The number of hydrogen-bond donors (Lipinski definition) is 0. The van der Waals surface area contributed by atoms with Gasteiger partial charge in [0.2, 0.25) is 0 Å². The summed E-state index contributed by atoms with van der Waals surface area (Å²) in [6.07, 6.45) is 0. The minimum absolute atomic E-state index is 0.592. The van der Waals surface area contributed by atoms with E-state index in [1.54, 1.807) is 0 Å². The highest BCUT2D eigenvalue weighted by molar-refractivity contribution is 7.98. The van der Waals surface area contributed by atoms with Gasteiger partial charge in [-0.2, -0.15) is 0 Å². The Morgan fingerprint density at radius 1 is 0.800 bits per heavy atom. The second kappa shape index (κ2) is 6.99. The van der Waals surface area contributed by atoms with E-state index in [9.17, 15) is 0 Å². The van der Waals surface area contributed by atoms with Crippen LogP contribution in [0, 0.1) is 0 Å². The van der Waals surface area contributed by atoms with Crippen molar-refractivity contribution in [2.45, 2.75) is 50.2 Å². The normalized spacial score (nSPS) is 11.3. The Morgan fingerprint density at radius 3 is 2.05 bits per heavy atom. The summed E-state index contributed by atoms with van der Waals surface area (Å²) >= 11 is 1.91. The van der Waals surface area contributed by atoms with Crippen molar-refractivity contribution >= 4 is 11.8 Å². The highest BCUT2D eigenvalue weighted by Crippen LogP contribution is 2.29. The van der Waals surface area contributed by atoms with Crippen molar-refractivity contribution in [3.63, 3.8) is 0 Å². The minimum Gasteiger partial charge on any atom is -0.121 e. The van der Waals surface area contributed by atoms with E-state index in [1.807, 2.05) is 11.8 Å². The highest BCUT2D eigenvalue weighted by Gasteiger charge is 2.10. The van der Waals surface area contributed by atoms with Crippen molar-refractivity contribution in [3.8, 4) is 0 Å². The van der Waals surface area contributed by atoms with Gasteiger partial charge in [-0.05, 0) is 40.7 Å². The summed E-state index contributed by atoms with van der Waals surface area (Å²) in [6, 6.07) is 17.6. The molecule has 0 saturated heterocycles. The highest BCUT2D eigenvalue weighted by atomic mass is 32.2. The maximum absolute atomic E-state index is 2.40. The molecule has 0 bridgehead atoms. The van der Waals surface area contributed by atoms with Crippen molar-refractivity contribution < 1.29 is 0 Å². The molecule has 0 radical (unpaired) electrons. The number of rotatable bonds is 5. The Hall–Kier alpha value is -1.21. The minimum atomic E-state index is 0.592. The van der Waals surface area contributed by atoms with E-state index < -0.39 is 0 Å².